The minimum Gasteiger partial charge on any atom is -0.494 e. The molecule has 1 aromatic heterocycles. The number of carboxylic acid groups (broad SMARTS) is 1. The van der Waals surface area contributed by atoms with Gasteiger partial charge in [0.25, 0.3) is 5.56 Å². The topological polar surface area (TPSA) is 101 Å². The highest BCUT2D eigenvalue weighted by Gasteiger charge is 2.16. The molecule has 7 nitrogen and oxygen atoms in total. The highest BCUT2D eigenvalue weighted by molar-refractivity contribution is 7.80. The molecule has 0 fully saturated rings. The Kier molecular flexibility index (Phi) is 4.18. The highest BCUT2D eigenvalue weighted by Crippen LogP contribution is 2.22. The second kappa shape index (κ2) is 5.88. The Balaban J connectivity index is 2.67. The van der Waals surface area contributed by atoms with Gasteiger partial charge in [-0.25, -0.2) is 14.2 Å². The number of rotatable bonds is 4. The van der Waals surface area contributed by atoms with E-state index < -0.39 is 22.8 Å². The number of hydrogen-bond donors (Lipinski definition) is 3. The van der Waals surface area contributed by atoms with Gasteiger partial charge in [-0.1, -0.05) is 0 Å². The van der Waals surface area contributed by atoms with E-state index in [0.29, 0.717) is 17.3 Å². The molecule has 0 radical (unpaired) electrons. The first-order chi connectivity index (χ1) is 9.95. The maximum Gasteiger partial charge on any atom is 0.342 e. The largest absolute Gasteiger partial charge is 0.494 e. The summed E-state index contributed by atoms with van der Waals surface area (Å²) >= 11 is 4.21. The van der Waals surface area contributed by atoms with Crippen molar-refractivity contribution in [3.05, 3.63) is 50.8 Å². The number of hydrogen-bond acceptors (Lipinski definition) is 5. The SMILES string of the molecule is CCOc1ccc(-n2c(=O)[nH]cc(C(=O)O)c2=O)c(S)c1. The summed E-state index contributed by atoms with van der Waals surface area (Å²) in [5.41, 5.74) is -2.03. The van der Waals surface area contributed by atoms with E-state index in [1.807, 2.05) is 6.92 Å². The quantitative estimate of drug-likeness (QED) is 0.729. The molecule has 0 amide bonds. The third kappa shape index (κ3) is 2.84. The van der Waals surface area contributed by atoms with Crippen LogP contribution in [0.15, 0.2) is 38.9 Å². The first-order valence-electron chi connectivity index (χ1n) is 6.00. The van der Waals surface area contributed by atoms with Crippen LogP contribution in [0.5, 0.6) is 5.75 Å². The molecular weight excluding hydrogens is 296 g/mol. The molecule has 8 heteroatoms. The van der Waals surface area contributed by atoms with Crippen molar-refractivity contribution in [3.63, 3.8) is 0 Å². The lowest BCUT2D eigenvalue weighted by Crippen LogP contribution is -2.37. The van der Waals surface area contributed by atoms with Gasteiger partial charge < -0.3 is 14.8 Å². The van der Waals surface area contributed by atoms with Crippen molar-refractivity contribution in [2.45, 2.75) is 11.8 Å². The minimum atomic E-state index is -1.42. The lowest BCUT2D eigenvalue weighted by Gasteiger charge is -2.10. The molecule has 0 atom stereocenters. The molecule has 2 rings (SSSR count). The van der Waals surface area contributed by atoms with Crippen molar-refractivity contribution in [1.29, 1.82) is 0 Å². The number of aromatic carboxylic acids is 1. The van der Waals surface area contributed by atoms with Crippen molar-refractivity contribution >= 4 is 18.6 Å². The molecule has 21 heavy (non-hydrogen) atoms. The van der Waals surface area contributed by atoms with E-state index in [9.17, 15) is 14.4 Å². The number of ether oxygens (including phenoxy) is 1. The summed E-state index contributed by atoms with van der Waals surface area (Å²) in [7, 11) is 0. The number of aromatic amines is 1. The third-order valence-corrected chi connectivity index (χ3v) is 3.06. The smallest absolute Gasteiger partial charge is 0.342 e. The van der Waals surface area contributed by atoms with Gasteiger partial charge in [0, 0.05) is 11.1 Å². The summed E-state index contributed by atoms with van der Waals surface area (Å²) in [5.74, 6) is -0.887. The lowest BCUT2D eigenvalue weighted by atomic mass is 10.2. The maximum atomic E-state index is 12.1. The average Bonchev–Trinajstić information content (AvgIpc) is 2.41. The number of benzene rings is 1. The molecule has 110 valence electrons. The van der Waals surface area contributed by atoms with E-state index in [-0.39, 0.29) is 5.69 Å². The number of carbonyl (C=O) groups is 1. The first kappa shape index (κ1) is 14.9. The molecular formula is C13H12N2O5S. The summed E-state index contributed by atoms with van der Waals surface area (Å²) in [6.07, 6.45) is 0.871. The Bertz CT molecular complexity index is 809. The van der Waals surface area contributed by atoms with Gasteiger partial charge >= 0.3 is 11.7 Å². The Morgan fingerprint density at radius 2 is 2.14 bits per heavy atom. The van der Waals surface area contributed by atoms with Gasteiger partial charge in [-0.15, -0.1) is 12.6 Å². The van der Waals surface area contributed by atoms with Gasteiger partial charge in [0.15, 0.2) is 0 Å². The lowest BCUT2D eigenvalue weighted by molar-refractivity contribution is 0.0694. The fraction of sp³-hybridized carbons (Fsp3) is 0.154. The number of nitrogens with one attached hydrogen (secondary N) is 1. The third-order valence-electron chi connectivity index (χ3n) is 2.71. The van der Waals surface area contributed by atoms with E-state index in [0.717, 1.165) is 10.8 Å². The molecule has 0 aliphatic carbocycles. The molecule has 1 aromatic carbocycles. The molecule has 1 heterocycles. The Morgan fingerprint density at radius 3 is 2.71 bits per heavy atom. The molecule has 2 aromatic rings. The van der Waals surface area contributed by atoms with Crippen LogP contribution >= 0.6 is 12.6 Å². The van der Waals surface area contributed by atoms with Crippen molar-refractivity contribution < 1.29 is 14.6 Å². The van der Waals surface area contributed by atoms with Gasteiger partial charge in [-0.2, -0.15) is 0 Å². The molecule has 0 unspecified atom stereocenters. The van der Waals surface area contributed by atoms with Crippen LogP contribution in [0, 0.1) is 0 Å². The van der Waals surface area contributed by atoms with Crippen molar-refractivity contribution in [1.82, 2.24) is 9.55 Å². The molecule has 2 N–H and O–H groups in total. The fourth-order valence-corrected chi connectivity index (χ4v) is 2.10. The number of carboxylic acids is 1. The van der Waals surface area contributed by atoms with Crippen molar-refractivity contribution in [2.75, 3.05) is 6.61 Å². The zero-order valence-corrected chi connectivity index (χ0v) is 11.9. The van der Waals surface area contributed by atoms with Gasteiger partial charge in [-0.05, 0) is 25.1 Å². The van der Waals surface area contributed by atoms with Crippen LogP contribution in [0.4, 0.5) is 0 Å². The predicted molar refractivity (Wildman–Crippen MR) is 78.0 cm³/mol. The molecule has 0 saturated heterocycles. The summed E-state index contributed by atoms with van der Waals surface area (Å²) in [6.45, 7) is 2.28. The molecule has 0 aliphatic heterocycles. The summed E-state index contributed by atoms with van der Waals surface area (Å²) in [6, 6.07) is 4.58. The van der Waals surface area contributed by atoms with Crippen LogP contribution in [-0.4, -0.2) is 27.2 Å². The number of H-pyrrole nitrogens is 1. The van der Waals surface area contributed by atoms with E-state index in [2.05, 4.69) is 17.6 Å². The zero-order chi connectivity index (χ0) is 15.6. The summed E-state index contributed by atoms with van der Waals surface area (Å²) < 4.78 is 6.01. The Morgan fingerprint density at radius 1 is 1.43 bits per heavy atom. The molecule has 0 aliphatic rings. The van der Waals surface area contributed by atoms with Crippen LogP contribution in [0.25, 0.3) is 5.69 Å². The molecule has 0 spiro atoms. The molecule has 0 bridgehead atoms. The normalized spacial score (nSPS) is 10.4. The van der Waals surface area contributed by atoms with E-state index in [1.54, 1.807) is 12.1 Å². The number of nitrogens with zero attached hydrogens (tertiary/aromatic N) is 1. The number of aromatic nitrogens is 2. The van der Waals surface area contributed by atoms with E-state index in [4.69, 9.17) is 9.84 Å². The van der Waals surface area contributed by atoms with Crippen LogP contribution < -0.4 is 16.0 Å². The van der Waals surface area contributed by atoms with Crippen LogP contribution in [0.3, 0.4) is 0 Å². The van der Waals surface area contributed by atoms with E-state index >= 15 is 0 Å². The summed E-state index contributed by atoms with van der Waals surface area (Å²) in [4.78, 5) is 37.4. The predicted octanol–water partition coefficient (Wildman–Crippen LogP) is 0.911. The highest BCUT2D eigenvalue weighted by atomic mass is 32.1. The van der Waals surface area contributed by atoms with Crippen molar-refractivity contribution in [2.24, 2.45) is 0 Å². The van der Waals surface area contributed by atoms with Gasteiger partial charge in [0.05, 0.1) is 12.3 Å². The van der Waals surface area contributed by atoms with Crippen molar-refractivity contribution in [3.8, 4) is 11.4 Å². The fourth-order valence-electron chi connectivity index (χ4n) is 1.79. The standard InChI is InChI=1S/C13H12N2O5S/c1-2-20-7-3-4-9(10(21)5-7)15-11(16)8(12(17)18)6-14-13(15)19/h3-6,21H,2H2,1H3,(H,14,19)(H,17,18). The zero-order valence-electron chi connectivity index (χ0n) is 11.0. The monoisotopic (exact) mass is 308 g/mol. The minimum absolute atomic E-state index is 0.177. The second-order valence-electron chi connectivity index (χ2n) is 4.04. The van der Waals surface area contributed by atoms with Crippen LogP contribution in [0.1, 0.15) is 17.3 Å². The van der Waals surface area contributed by atoms with Crippen LogP contribution in [-0.2, 0) is 0 Å². The Labute approximate surface area is 124 Å². The second-order valence-corrected chi connectivity index (χ2v) is 4.52. The van der Waals surface area contributed by atoms with E-state index in [1.165, 1.54) is 6.07 Å². The van der Waals surface area contributed by atoms with Gasteiger partial charge in [0.1, 0.15) is 11.3 Å². The van der Waals surface area contributed by atoms with Gasteiger partial charge in [0.2, 0.25) is 0 Å². The van der Waals surface area contributed by atoms with Gasteiger partial charge in [-0.3, -0.25) is 4.79 Å². The Hall–Kier alpha value is -2.48. The first-order valence-corrected chi connectivity index (χ1v) is 6.44. The molecule has 0 saturated carbocycles. The maximum absolute atomic E-state index is 12.1. The van der Waals surface area contributed by atoms with Crippen LogP contribution in [0.2, 0.25) is 0 Å². The average molecular weight is 308 g/mol. The summed E-state index contributed by atoms with van der Waals surface area (Å²) in [5, 5.41) is 8.94. The number of thiol groups is 1.